The van der Waals surface area contributed by atoms with Gasteiger partial charge in [-0.1, -0.05) is 33.1 Å². The molecule has 2 unspecified atom stereocenters. The molecule has 18 heavy (non-hydrogen) atoms. The van der Waals surface area contributed by atoms with Crippen LogP contribution in [0.1, 0.15) is 52.9 Å². The van der Waals surface area contributed by atoms with Gasteiger partial charge in [0, 0.05) is 6.04 Å². The number of sulfone groups is 1. The van der Waals surface area contributed by atoms with Gasteiger partial charge in [-0.25, -0.2) is 8.42 Å². The Bertz CT molecular complexity index is 332. The number of hydrogen-bond donors (Lipinski definition) is 1. The molecular weight excluding hydrogens is 246 g/mol. The molecule has 0 saturated heterocycles. The highest BCUT2D eigenvalue weighted by molar-refractivity contribution is 7.92. The van der Waals surface area contributed by atoms with E-state index in [1.165, 1.54) is 32.1 Å². The van der Waals surface area contributed by atoms with Crippen LogP contribution in [0.25, 0.3) is 0 Å². The van der Waals surface area contributed by atoms with E-state index in [1.807, 2.05) is 27.8 Å². The molecule has 1 N–H and O–H groups in total. The second-order valence-electron chi connectivity index (χ2n) is 6.07. The van der Waals surface area contributed by atoms with E-state index in [-0.39, 0.29) is 17.2 Å². The van der Waals surface area contributed by atoms with Crippen molar-refractivity contribution in [3.05, 3.63) is 0 Å². The van der Waals surface area contributed by atoms with Crippen molar-refractivity contribution in [2.45, 2.75) is 64.2 Å². The zero-order valence-electron chi connectivity index (χ0n) is 12.3. The fraction of sp³-hybridized carbons (Fsp3) is 1.00. The van der Waals surface area contributed by atoms with Gasteiger partial charge in [0.15, 0.2) is 9.84 Å². The fourth-order valence-electron chi connectivity index (χ4n) is 2.81. The lowest BCUT2D eigenvalue weighted by molar-refractivity contribution is 0.292. The summed E-state index contributed by atoms with van der Waals surface area (Å²) in [5, 5.41) is 3.00. The molecule has 0 aromatic heterocycles. The molecule has 1 fully saturated rings. The SMILES string of the molecule is CNC(CS(=O)(=O)C(C)C(C)C)C1CCCCC1. The first kappa shape index (κ1) is 16.0. The summed E-state index contributed by atoms with van der Waals surface area (Å²) in [4.78, 5) is 0. The zero-order valence-corrected chi connectivity index (χ0v) is 13.1. The van der Waals surface area contributed by atoms with Crippen molar-refractivity contribution in [2.24, 2.45) is 11.8 Å². The first-order valence-corrected chi connectivity index (χ1v) is 8.99. The first-order chi connectivity index (χ1) is 8.38. The number of hydrogen-bond acceptors (Lipinski definition) is 3. The van der Waals surface area contributed by atoms with Crippen LogP contribution in [0.15, 0.2) is 0 Å². The van der Waals surface area contributed by atoms with Crippen LogP contribution in [0.3, 0.4) is 0 Å². The van der Waals surface area contributed by atoms with Crippen LogP contribution in [0.5, 0.6) is 0 Å². The Balaban J connectivity index is 2.67. The van der Waals surface area contributed by atoms with E-state index in [1.54, 1.807) is 0 Å². The Morgan fingerprint density at radius 3 is 2.11 bits per heavy atom. The molecule has 1 rings (SSSR count). The van der Waals surface area contributed by atoms with Crippen LogP contribution < -0.4 is 5.32 Å². The minimum Gasteiger partial charge on any atom is -0.316 e. The van der Waals surface area contributed by atoms with Crippen LogP contribution >= 0.6 is 0 Å². The van der Waals surface area contributed by atoms with Gasteiger partial charge in [-0.2, -0.15) is 0 Å². The Morgan fingerprint density at radius 2 is 1.67 bits per heavy atom. The highest BCUT2D eigenvalue weighted by Gasteiger charge is 2.31. The van der Waals surface area contributed by atoms with Crippen molar-refractivity contribution >= 4 is 9.84 Å². The Labute approximate surface area is 113 Å². The summed E-state index contributed by atoms with van der Waals surface area (Å²) in [6.07, 6.45) is 6.17. The summed E-state index contributed by atoms with van der Waals surface area (Å²) >= 11 is 0. The van der Waals surface area contributed by atoms with Gasteiger partial charge in [0.2, 0.25) is 0 Å². The van der Waals surface area contributed by atoms with Crippen LogP contribution in [-0.4, -0.2) is 32.5 Å². The summed E-state index contributed by atoms with van der Waals surface area (Å²) in [5.74, 6) is 1.03. The van der Waals surface area contributed by atoms with Crippen molar-refractivity contribution in [2.75, 3.05) is 12.8 Å². The maximum absolute atomic E-state index is 12.3. The molecule has 0 radical (unpaired) electrons. The molecule has 3 nitrogen and oxygen atoms in total. The maximum Gasteiger partial charge on any atom is 0.154 e. The largest absolute Gasteiger partial charge is 0.316 e. The van der Waals surface area contributed by atoms with Crippen LogP contribution in [0, 0.1) is 11.8 Å². The first-order valence-electron chi connectivity index (χ1n) is 7.27. The lowest BCUT2D eigenvalue weighted by atomic mass is 9.84. The minimum atomic E-state index is -2.98. The lowest BCUT2D eigenvalue weighted by Crippen LogP contribution is -2.43. The molecule has 4 heteroatoms. The van der Waals surface area contributed by atoms with Gasteiger partial charge in [-0.15, -0.1) is 0 Å². The molecule has 0 spiro atoms. The normalized spacial score (nSPS) is 22.1. The van der Waals surface area contributed by atoms with E-state index in [4.69, 9.17) is 0 Å². The standard InChI is InChI=1S/C14H29NO2S/c1-11(2)12(3)18(16,17)10-14(15-4)13-8-6-5-7-9-13/h11-15H,5-10H2,1-4H3. The molecule has 0 aromatic carbocycles. The lowest BCUT2D eigenvalue weighted by Gasteiger charge is -2.31. The molecule has 0 aromatic rings. The minimum absolute atomic E-state index is 0.136. The van der Waals surface area contributed by atoms with E-state index < -0.39 is 9.84 Å². The van der Waals surface area contributed by atoms with Crippen molar-refractivity contribution in [3.63, 3.8) is 0 Å². The highest BCUT2D eigenvalue weighted by atomic mass is 32.2. The Morgan fingerprint density at radius 1 is 1.11 bits per heavy atom. The van der Waals surface area contributed by atoms with E-state index in [0.717, 1.165) is 0 Å². The molecule has 1 aliphatic rings. The predicted octanol–water partition coefficient (Wildman–Crippen LogP) is 2.61. The summed E-state index contributed by atoms with van der Waals surface area (Å²) in [7, 11) is -1.09. The molecule has 2 atom stereocenters. The van der Waals surface area contributed by atoms with Crippen LogP contribution in [0.2, 0.25) is 0 Å². The fourth-order valence-corrected chi connectivity index (χ4v) is 4.88. The summed E-state index contributed by atoms with van der Waals surface area (Å²) in [5.41, 5.74) is 0. The third-order valence-corrected chi connectivity index (χ3v) is 7.01. The number of nitrogens with one attached hydrogen (secondary N) is 1. The van der Waals surface area contributed by atoms with Gasteiger partial charge in [-0.05, 0) is 38.6 Å². The quantitative estimate of drug-likeness (QED) is 0.810. The van der Waals surface area contributed by atoms with Gasteiger partial charge < -0.3 is 5.32 Å². The molecule has 1 saturated carbocycles. The zero-order chi connectivity index (χ0) is 13.8. The topological polar surface area (TPSA) is 46.2 Å². The molecular formula is C14H29NO2S. The number of rotatable bonds is 6. The Kier molecular flexibility index (Phi) is 6.12. The third-order valence-electron chi connectivity index (χ3n) is 4.51. The van der Waals surface area contributed by atoms with Crippen molar-refractivity contribution in [1.82, 2.24) is 5.32 Å². The van der Waals surface area contributed by atoms with Gasteiger partial charge in [0.1, 0.15) is 0 Å². The van der Waals surface area contributed by atoms with E-state index >= 15 is 0 Å². The van der Waals surface area contributed by atoms with E-state index in [0.29, 0.717) is 11.7 Å². The third kappa shape index (κ3) is 4.23. The van der Waals surface area contributed by atoms with Crippen molar-refractivity contribution in [3.8, 4) is 0 Å². The highest BCUT2D eigenvalue weighted by Crippen LogP contribution is 2.28. The smallest absolute Gasteiger partial charge is 0.154 e. The van der Waals surface area contributed by atoms with Gasteiger partial charge in [0.25, 0.3) is 0 Å². The van der Waals surface area contributed by atoms with Gasteiger partial charge >= 0.3 is 0 Å². The van der Waals surface area contributed by atoms with Crippen LogP contribution in [0.4, 0.5) is 0 Å². The average Bonchev–Trinajstić information content (AvgIpc) is 2.36. The molecule has 0 bridgehead atoms. The monoisotopic (exact) mass is 275 g/mol. The predicted molar refractivity (Wildman–Crippen MR) is 77.5 cm³/mol. The molecule has 0 aliphatic heterocycles. The second kappa shape index (κ2) is 6.90. The van der Waals surface area contributed by atoms with Gasteiger partial charge in [0.05, 0.1) is 11.0 Å². The van der Waals surface area contributed by atoms with Crippen molar-refractivity contribution in [1.29, 1.82) is 0 Å². The van der Waals surface area contributed by atoms with Gasteiger partial charge in [-0.3, -0.25) is 0 Å². The molecule has 1 aliphatic carbocycles. The second-order valence-corrected chi connectivity index (χ2v) is 8.47. The summed E-state index contributed by atoms with van der Waals surface area (Å²) in [6.45, 7) is 5.81. The van der Waals surface area contributed by atoms with Crippen molar-refractivity contribution < 1.29 is 8.42 Å². The Hall–Kier alpha value is -0.0900. The maximum atomic E-state index is 12.3. The summed E-state index contributed by atoms with van der Waals surface area (Å²) in [6, 6.07) is 0.136. The van der Waals surface area contributed by atoms with E-state index in [2.05, 4.69) is 5.32 Å². The van der Waals surface area contributed by atoms with Crippen LogP contribution in [-0.2, 0) is 9.84 Å². The molecule has 0 heterocycles. The molecule has 108 valence electrons. The van der Waals surface area contributed by atoms with E-state index in [9.17, 15) is 8.42 Å². The molecule has 0 amide bonds. The average molecular weight is 275 g/mol. The summed E-state index contributed by atoms with van der Waals surface area (Å²) < 4.78 is 24.7.